The molecule has 2 heterocycles. The first kappa shape index (κ1) is 18.5. The van der Waals surface area contributed by atoms with Crippen LogP contribution in [0, 0.1) is 11.3 Å². The van der Waals surface area contributed by atoms with E-state index in [1.54, 1.807) is 31.2 Å². The van der Waals surface area contributed by atoms with Crippen molar-refractivity contribution in [3.05, 3.63) is 59.5 Å². The molecule has 0 bridgehead atoms. The van der Waals surface area contributed by atoms with Crippen LogP contribution in [0.15, 0.2) is 42.6 Å². The van der Waals surface area contributed by atoms with E-state index in [0.29, 0.717) is 33.7 Å². The predicted molar refractivity (Wildman–Crippen MR) is 107 cm³/mol. The second kappa shape index (κ2) is 6.65. The van der Waals surface area contributed by atoms with Crippen molar-refractivity contribution in [2.75, 3.05) is 6.61 Å². The standard InChI is InChI=1S/C21H19N5O3/c1-21(28,20-24-14-4-3-12(10-22)9-15(14)25-20)19-13-7-8-26(2)16(13)5-6-17(19)29-11-18(23)27/h3-9,28H,11H2,1-2H3,(H2,23,27)(H,24,25). The van der Waals surface area contributed by atoms with Crippen molar-refractivity contribution in [3.63, 3.8) is 0 Å². The molecule has 2 aromatic heterocycles. The van der Waals surface area contributed by atoms with Gasteiger partial charge in [0.1, 0.15) is 17.2 Å². The molecule has 0 radical (unpaired) electrons. The van der Waals surface area contributed by atoms with Gasteiger partial charge < -0.3 is 25.1 Å². The number of hydrogen-bond acceptors (Lipinski definition) is 5. The van der Waals surface area contributed by atoms with Crippen LogP contribution in [0.4, 0.5) is 0 Å². The van der Waals surface area contributed by atoms with Crippen LogP contribution in [-0.4, -0.2) is 32.2 Å². The van der Waals surface area contributed by atoms with Gasteiger partial charge in [0, 0.05) is 29.7 Å². The van der Waals surface area contributed by atoms with Crippen molar-refractivity contribution in [2.24, 2.45) is 12.8 Å². The molecule has 0 fully saturated rings. The van der Waals surface area contributed by atoms with Crippen LogP contribution >= 0.6 is 0 Å². The van der Waals surface area contributed by atoms with Gasteiger partial charge in [0.2, 0.25) is 0 Å². The summed E-state index contributed by atoms with van der Waals surface area (Å²) >= 11 is 0. The number of nitrogens with two attached hydrogens (primary N) is 1. The first-order valence-electron chi connectivity index (χ1n) is 8.93. The normalized spacial score (nSPS) is 13.3. The number of benzene rings is 2. The fraction of sp³-hybridized carbons (Fsp3) is 0.190. The van der Waals surface area contributed by atoms with Crippen molar-refractivity contribution in [1.29, 1.82) is 5.26 Å². The van der Waals surface area contributed by atoms with Gasteiger partial charge in [0.05, 0.1) is 22.7 Å². The lowest BCUT2D eigenvalue weighted by atomic mass is 9.91. The Bertz CT molecular complexity index is 1290. The molecule has 0 aliphatic rings. The Morgan fingerprint density at radius 3 is 2.90 bits per heavy atom. The van der Waals surface area contributed by atoms with Crippen LogP contribution in [0.3, 0.4) is 0 Å². The van der Waals surface area contributed by atoms with Crippen LogP contribution in [0.2, 0.25) is 0 Å². The Kier molecular flexibility index (Phi) is 4.25. The molecule has 0 spiro atoms. The Labute approximate surface area is 166 Å². The topological polar surface area (TPSA) is 130 Å². The van der Waals surface area contributed by atoms with Crippen LogP contribution in [-0.2, 0) is 17.4 Å². The first-order valence-corrected chi connectivity index (χ1v) is 8.93. The van der Waals surface area contributed by atoms with E-state index in [1.165, 1.54) is 0 Å². The molecule has 0 aliphatic heterocycles. The molecule has 8 heteroatoms. The number of aliphatic hydroxyl groups is 1. The second-order valence-corrected chi connectivity index (χ2v) is 7.05. The number of aromatic amines is 1. The van der Waals surface area contributed by atoms with Crippen LogP contribution in [0.1, 0.15) is 23.9 Å². The summed E-state index contributed by atoms with van der Waals surface area (Å²) in [7, 11) is 1.90. The number of aryl methyl sites for hydroxylation is 1. The first-order chi connectivity index (χ1) is 13.8. The number of imidazole rings is 1. The number of fused-ring (bicyclic) bond motifs is 2. The average Bonchev–Trinajstić information content (AvgIpc) is 3.29. The number of primary amides is 1. The number of ether oxygens (including phenoxy) is 1. The van der Waals surface area contributed by atoms with Gasteiger partial charge in [-0.15, -0.1) is 0 Å². The van der Waals surface area contributed by atoms with Crippen LogP contribution < -0.4 is 10.5 Å². The highest BCUT2D eigenvalue weighted by atomic mass is 16.5. The number of carbonyl (C=O) groups is 1. The Morgan fingerprint density at radius 2 is 2.17 bits per heavy atom. The molecule has 4 N–H and O–H groups in total. The maximum absolute atomic E-state index is 11.6. The number of amides is 1. The molecule has 4 rings (SSSR count). The Morgan fingerprint density at radius 1 is 1.38 bits per heavy atom. The van der Waals surface area contributed by atoms with E-state index < -0.39 is 11.5 Å². The number of rotatable bonds is 5. The van der Waals surface area contributed by atoms with Gasteiger partial charge in [-0.05, 0) is 43.3 Å². The van der Waals surface area contributed by atoms with Gasteiger partial charge in [0.25, 0.3) is 5.91 Å². The molecule has 1 atom stereocenters. The second-order valence-electron chi connectivity index (χ2n) is 7.05. The van der Waals surface area contributed by atoms with Crippen molar-refractivity contribution in [3.8, 4) is 11.8 Å². The van der Waals surface area contributed by atoms with E-state index in [-0.39, 0.29) is 6.61 Å². The molecule has 29 heavy (non-hydrogen) atoms. The quantitative estimate of drug-likeness (QED) is 0.481. The lowest BCUT2D eigenvalue weighted by Gasteiger charge is -2.25. The SMILES string of the molecule is Cn1ccc2c(C(C)(O)c3nc4ccc(C#N)cc4[nH]3)c(OCC(N)=O)ccc21. The lowest BCUT2D eigenvalue weighted by molar-refractivity contribution is -0.120. The molecule has 0 saturated heterocycles. The van der Waals surface area contributed by atoms with Gasteiger partial charge in [0.15, 0.2) is 6.61 Å². The van der Waals surface area contributed by atoms with Crippen molar-refractivity contribution < 1.29 is 14.6 Å². The number of carbonyl (C=O) groups excluding carboxylic acids is 1. The maximum Gasteiger partial charge on any atom is 0.255 e. The summed E-state index contributed by atoms with van der Waals surface area (Å²) in [5.41, 5.74) is 6.76. The smallest absolute Gasteiger partial charge is 0.255 e. The fourth-order valence-electron chi connectivity index (χ4n) is 3.53. The zero-order valence-electron chi connectivity index (χ0n) is 15.9. The van der Waals surface area contributed by atoms with E-state index in [4.69, 9.17) is 15.7 Å². The monoisotopic (exact) mass is 389 g/mol. The molecule has 4 aromatic rings. The summed E-state index contributed by atoms with van der Waals surface area (Å²) in [5, 5.41) is 21.4. The maximum atomic E-state index is 11.6. The number of nitriles is 1. The zero-order chi connectivity index (χ0) is 20.8. The molecular formula is C21H19N5O3. The average molecular weight is 389 g/mol. The van der Waals surface area contributed by atoms with Gasteiger partial charge in [-0.1, -0.05) is 0 Å². The third-order valence-electron chi connectivity index (χ3n) is 4.96. The van der Waals surface area contributed by atoms with E-state index in [1.807, 2.05) is 29.9 Å². The third kappa shape index (κ3) is 3.07. The van der Waals surface area contributed by atoms with E-state index in [9.17, 15) is 9.90 Å². The Balaban J connectivity index is 1.92. The Hall–Kier alpha value is -3.83. The summed E-state index contributed by atoms with van der Waals surface area (Å²) in [6.07, 6.45) is 1.87. The number of hydrogen-bond donors (Lipinski definition) is 3. The van der Waals surface area contributed by atoms with Crippen molar-refractivity contribution in [1.82, 2.24) is 14.5 Å². The minimum absolute atomic E-state index is 0.294. The summed E-state index contributed by atoms with van der Waals surface area (Å²) in [4.78, 5) is 18.9. The highest BCUT2D eigenvalue weighted by Crippen LogP contribution is 2.40. The molecular weight excluding hydrogens is 370 g/mol. The molecule has 146 valence electrons. The van der Waals surface area contributed by atoms with Gasteiger partial charge in [-0.2, -0.15) is 5.26 Å². The van der Waals surface area contributed by atoms with Crippen molar-refractivity contribution in [2.45, 2.75) is 12.5 Å². The number of nitrogens with one attached hydrogen (secondary N) is 1. The fourth-order valence-corrected chi connectivity index (χ4v) is 3.53. The highest BCUT2D eigenvalue weighted by Gasteiger charge is 2.35. The van der Waals surface area contributed by atoms with Gasteiger partial charge in [-0.3, -0.25) is 4.79 Å². The highest BCUT2D eigenvalue weighted by molar-refractivity contribution is 5.88. The number of H-pyrrole nitrogens is 1. The minimum atomic E-state index is -1.57. The number of nitrogens with zero attached hydrogens (tertiary/aromatic N) is 3. The summed E-state index contributed by atoms with van der Waals surface area (Å²) < 4.78 is 7.53. The summed E-state index contributed by atoms with van der Waals surface area (Å²) in [6, 6.07) is 12.6. The van der Waals surface area contributed by atoms with E-state index in [0.717, 1.165) is 10.9 Å². The van der Waals surface area contributed by atoms with Gasteiger partial charge in [-0.25, -0.2) is 4.98 Å². The summed E-state index contributed by atoms with van der Waals surface area (Å²) in [5.74, 6) is 0.0186. The van der Waals surface area contributed by atoms with E-state index in [2.05, 4.69) is 16.0 Å². The zero-order valence-corrected chi connectivity index (χ0v) is 15.9. The largest absolute Gasteiger partial charge is 0.483 e. The summed E-state index contributed by atoms with van der Waals surface area (Å²) in [6.45, 7) is 1.29. The van der Waals surface area contributed by atoms with E-state index >= 15 is 0 Å². The predicted octanol–water partition coefficient (Wildman–Crippen LogP) is 2.05. The minimum Gasteiger partial charge on any atom is -0.483 e. The van der Waals surface area contributed by atoms with Gasteiger partial charge >= 0.3 is 0 Å². The molecule has 2 aromatic carbocycles. The molecule has 8 nitrogen and oxygen atoms in total. The molecule has 1 unspecified atom stereocenters. The third-order valence-corrected chi connectivity index (χ3v) is 4.96. The molecule has 1 amide bonds. The number of aromatic nitrogens is 3. The van der Waals surface area contributed by atoms with Crippen LogP contribution in [0.5, 0.6) is 5.75 Å². The molecule has 0 saturated carbocycles. The van der Waals surface area contributed by atoms with Crippen LogP contribution in [0.25, 0.3) is 21.9 Å². The molecule has 0 aliphatic carbocycles. The lowest BCUT2D eigenvalue weighted by Crippen LogP contribution is -2.27. The van der Waals surface area contributed by atoms with Crippen molar-refractivity contribution >= 4 is 27.8 Å².